The fourth-order valence-electron chi connectivity index (χ4n) is 3.31. The maximum Gasteiger partial charge on any atom is -0.00130 e. The van der Waals surface area contributed by atoms with E-state index in [9.17, 15) is 0 Å². The van der Waals surface area contributed by atoms with Gasteiger partial charge in [0.2, 0.25) is 0 Å². The van der Waals surface area contributed by atoms with Gasteiger partial charge in [-0.05, 0) is 61.5 Å². The maximum atomic E-state index is 2.61. The molecule has 1 heteroatoms. The molecule has 0 amide bonds. The highest BCUT2D eigenvalue weighted by Gasteiger charge is 2.13. The van der Waals surface area contributed by atoms with Gasteiger partial charge in [0.1, 0.15) is 0 Å². The van der Waals surface area contributed by atoms with Crippen LogP contribution in [-0.2, 0) is 0 Å². The second kappa shape index (κ2) is 9.52. The largest absolute Gasteiger partial charge is 0.303 e. The molecule has 1 atom stereocenters. The molecule has 1 unspecified atom stereocenters. The Kier molecular flexibility index (Phi) is 7.35. The van der Waals surface area contributed by atoms with E-state index in [1.165, 1.54) is 55.6 Å². The van der Waals surface area contributed by atoms with E-state index in [1.54, 1.807) is 0 Å². The molecular weight excluding hydrogens is 278 g/mol. The molecule has 0 fully saturated rings. The molecule has 2 rings (SSSR count). The molecule has 2 aromatic carbocycles. The van der Waals surface area contributed by atoms with Gasteiger partial charge in [0, 0.05) is 0 Å². The molecule has 0 spiro atoms. The molecule has 124 valence electrons. The van der Waals surface area contributed by atoms with Crippen LogP contribution < -0.4 is 0 Å². The van der Waals surface area contributed by atoms with Gasteiger partial charge in [-0.25, -0.2) is 0 Å². The van der Waals surface area contributed by atoms with Crippen molar-refractivity contribution in [2.45, 2.75) is 46.0 Å². The number of rotatable bonds is 9. The van der Waals surface area contributed by atoms with E-state index in [0.717, 1.165) is 0 Å². The summed E-state index contributed by atoms with van der Waals surface area (Å²) in [5.74, 6) is 0.586. The van der Waals surface area contributed by atoms with E-state index in [1.807, 2.05) is 0 Å². The van der Waals surface area contributed by atoms with Crippen LogP contribution in [0.1, 0.15) is 51.5 Å². The van der Waals surface area contributed by atoms with E-state index in [-0.39, 0.29) is 0 Å². The van der Waals surface area contributed by atoms with Crippen LogP contribution in [0.4, 0.5) is 0 Å². The van der Waals surface area contributed by atoms with Crippen molar-refractivity contribution in [3.8, 4) is 11.1 Å². The fourth-order valence-corrected chi connectivity index (χ4v) is 3.31. The number of hydrogen-bond acceptors (Lipinski definition) is 1. The summed E-state index contributed by atoms with van der Waals surface area (Å²) in [5.41, 5.74) is 4.19. The number of hydrogen-bond donors (Lipinski definition) is 0. The van der Waals surface area contributed by atoms with Gasteiger partial charge in [-0.1, -0.05) is 75.4 Å². The van der Waals surface area contributed by atoms with Crippen molar-refractivity contribution in [3.63, 3.8) is 0 Å². The van der Waals surface area contributed by atoms with E-state index in [4.69, 9.17) is 0 Å². The fraction of sp³-hybridized carbons (Fsp3) is 0.455. The Morgan fingerprint density at radius 3 is 2.04 bits per heavy atom. The first-order chi connectivity index (χ1) is 11.3. The summed E-state index contributed by atoms with van der Waals surface area (Å²) in [6, 6.07) is 19.7. The van der Waals surface area contributed by atoms with Crippen LogP contribution in [0.5, 0.6) is 0 Å². The van der Waals surface area contributed by atoms with Crippen molar-refractivity contribution >= 4 is 0 Å². The lowest BCUT2D eigenvalue weighted by Gasteiger charge is -2.24. The first-order valence-electron chi connectivity index (χ1n) is 9.13. The molecule has 1 nitrogen and oxygen atoms in total. The van der Waals surface area contributed by atoms with E-state index in [0.29, 0.717) is 5.92 Å². The van der Waals surface area contributed by atoms with Gasteiger partial charge in [0.05, 0.1) is 0 Å². The Hall–Kier alpha value is -1.60. The summed E-state index contributed by atoms with van der Waals surface area (Å²) in [6.45, 7) is 10.6. The normalized spacial score (nSPS) is 12.5. The van der Waals surface area contributed by atoms with Gasteiger partial charge < -0.3 is 4.90 Å². The predicted molar refractivity (Wildman–Crippen MR) is 102 cm³/mol. The lowest BCUT2D eigenvalue weighted by molar-refractivity contribution is 0.265. The van der Waals surface area contributed by atoms with Crippen LogP contribution in [0.15, 0.2) is 54.6 Å². The standard InChI is InChI=1S/C22H31N/c1-4-16-23(17-5-2)18-15-19(3)21-13-9-10-14-22(21)20-11-7-6-8-12-20/h6-14,19H,4-5,15-18H2,1-3H3. The number of benzene rings is 2. The lowest BCUT2D eigenvalue weighted by atomic mass is 9.89. The van der Waals surface area contributed by atoms with Crippen molar-refractivity contribution in [3.05, 3.63) is 60.2 Å². The third-order valence-electron chi connectivity index (χ3n) is 4.53. The highest BCUT2D eigenvalue weighted by Crippen LogP contribution is 2.30. The van der Waals surface area contributed by atoms with Crippen LogP contribution >= 0.6 is 0 Å². The molecule has 0 aliphatic carbocycles. The van der Waals surface area contributed by atoms with Crippen LogP contribution in [0.2, 0.25) is 0 Å². The molecule has 2 aromatic rings. The lowest BCUT2D eigenvalue weighted by Crippen LogP contribution is -2.27. The second-order valence-corrected chi connectivity index (χ2v) is 6.48. The van der Waals surface area contributed by atoms with Gasteiger partial charge >= 0.3 is 0 Å². The molecule has 0 saturated heterocycles. The van der Waals surface area contributed by atoms with E-state index < -0.39 is 0 Å². The van der Waals surface area contributed by atoms with E-state index in [2.05, 4.69) is 80.3 Å². The monoisotopic (exact) mass is 309 g/mol. The zero-order valence-corrected chi connectivity index (χ0v) is 15.0. The molecule has 0 aliphatic heterocycles. The molecule has 0 aliphatic rings. The summed E-state index contributed by atoms with van der Waals surface area (Å²) < 4.78 is 0. The summed E-state index contributed by atoms with van der Waals surface area (Å²) in [6.07, 6.45) is 3.72. The summed E-state index contributed by atoms with van der Waals surface area (Å²) in [4.78, 5) is 2.61. The average molecular weight is 309 g/mol. The molecule has 0 radical (unpaired) electrons. The minimum atomic E-state index is 0.586. The highest BCUT2D eigenvalue weighted by molar-refractivity contribution is 5.67. The second-order valence-electron chi connectivity index (χ2n) is 6.48. The van der Waals surface area contributed by atoms with Gasteiger partial charge in [0.15, 0.2) is 0 Å². The maximum absolute atomic E-state index is 2.61. The molecule has 23 heavy (non-hydrogen) atoms. The zero-order chi connectivity index (χ0) is 16.5. The smallest absolute Gasteiger partial charge is 0.00130 e. The summed E-state index contributed by atoms with van der Waals surface area (Å²) in [7, 11) is 0. The zero-order valence-electron chi connectivity index (χ0n) is 15.0. The van der Waals surface area contributed by atoms with Crippen LogP contribution in [0, 0.1) is 0 Å². The van der Waals surface area contributed by atoms with Crippen LogP contribution in [-0.4, -0.2) is 24.5 Å². The Labute approximate surface area is 142 Å². The SMILES string of the molecule is CCCN(CCC)CCC(C)c1ccccc1-c1ccccc1. The highest BCUT2D eigenvalue weighted by atomic mass is 15.1. The van der Waals surface area contributed by atoms with Crippen molar-refractivity contribution in [2.75, 3.05) is 19.6 Å². The van der Waals surface area contributed by atoms with Gasteiger partial charge in [-0.3, -0.25) is 0 Å². The Balaban J connectivity index is 2.09. The van der Waals surface area contributed by atoms with Gasteiger partial charge in [-0.15, -0.1) is 0 Å². The minimum absolute atomic E-state index is 0.586. The summed E-state index contributed by atoms with van der Waals surface area (Å²) >= 11 is 0. The van der Waals surface area contributed by atoms with E-state index >= 15 is 0 Å². The van der Waals surface area contributed by atoms with Crippen molar-refractivity contribution in [1.29, 1.82) is 0 Å². The first-order valence-corrected chi connectivity index (χ1v) is 9.13. The molecular formula is C22H31N. The van der Waals surface area contributed by atoms with Crippen molar-refractivity contribution in [2.24, 2.45) is 0 Å². The Morgan fingerprint density at radius 1 is 0.783 bits per heavy atom. The third-order valence-corrected chi connectivity index (χ3v) is 4.53. The van der Waals surface area contributed by atoms with Gasteiger partial charge in [0.25, 0.3) is 0 Å². The predicted octanol–water partition coefficient (Wildman–Crippen LogP) is 5.97. The molecule has 0 saturated carbocycles. The summed E-state index contributed by atoms with van der Waals surface area (Å²) in [5, 5.41) is 0. The molecule has 0 bridgehead atoms. The minimum Gasteiger partial charge on any atom is -0.303 e. The average Bonchev–Trinajstić information content (AvgIpc) is 2.60. The number of nitrogens with zero attached hydrogens (tertiary/aromatic N) is 1. The first kappa shape index (κ1) is 17.7. The molecule has 0 heterocycles. The quantitative estimate of drug-likeness (QED) is 0.551. The molecule has 0 aromatic heterocycles. The topological polar surface area (TPSA) is 3.24 Å². The Bertz CT molecular complexity index is 555. The van der Waals surface area contributed by atoms with Crippen molar-refractivity contribution in [1.82, 2.24) is 4.90 Å². The third kappa shape index (κ3) is 5.21. The molecule has 0 N–H and O–H groups in total. The Morgan fingerprint density at radius 2 is 1.39 bits per heavy atom. The van der Waals surface area contributed by atoms with Gasteiger partial charge in [-0.2, -0.15) is 0 Å². The van der Waals surface area contributed by atoms with Crippen molar-refractivity contribution < 1.29 is 0 Å². The van der Waals surface area contributed by atoms with Crippen LogP contribution in [0.3, 0.4) is 0 Å². The van der Waals surface area contributed by atoms with Crippen LogP contribution in [0.25, 0.3) is 11.1 Å².